The van der Waals surface area contributed by atoms with Crippen LogP contribution in [0.3, 0.4) is 0 Å². The van der Waals surface area contributed by atoms with Crippen LogP contribution in [0.1, 0.15) is 11.1 Å². The Balaban J connectivity index is 0.955. The van der Waals surface area contributed by atoms with Crippen molar-refractivity contribution in [2.45, 2.75) is 13.5 Å². The number of hydrogen-bond donors (Lipinski definition) is 1. The smallest absolute Gasteiger partial charge is 0.0681 e. The molecule has 0 bridgehead atoms. The molecular weight excluding hydrogens is 717 g/mol. The van der Waals surface area contributed by atoms with Crippen LogP contribution in [0, 0.1) is 6.92 Å². The maximum atomic E-state index is 9.70. The zero-order chi connectivity index (χ0) is 40.0. The van der Waals surface area contributed by atoms with E-state index in [1.54, 1.807) is 0 Å². The molecule has 0 saturated heterocycles. The van der Waals surface area contributed by atoms with Crippen LogP contribution in [0.4, 0.5) is 34.1 Å². The van der Waals surface area contributed by atoms with Crippen LogP contribution < -0.4 is 9.80 Å². The monoisotopic (exact) mass is 760 g/mol. The van der Waals surface area contributed by atoms with Gasteiger partial charge in [0.2, 0.25) is 0 Å². The molecule has 9 aromatic rings. The van der Waals surface area contributed by atoms with Gasteiger partial charge in [0.25, 0.3) is 0 Å². The van der Waals surface area contributed by atoms with E-state index in [0.29, 0.717) is 0 Å². The number of aryl methyl sites for hydroxylation is 1. The molecule has 0 aromatic heterocycles. The summed E-state index contributed by atoms with van der Waals surface area (Å²) in [4.78, 5) is 4.57. The highest BCUT2D eigenvalue weighted by Gasteiger charge is 2.15. The Kier molecular flexibility index (Phi) is 10.7. The second-order valence-corrected chi connectivity index (χ2v) is 14.8. The van der Waals surface area contributed by atoms with Crippen molar-refractivity contribution in [3.05, 3.63) is 242 Å². The highest BCUT2D eigenvalue weighted by atomic mass is 16.3. The summed E-state index contributed by atoms with van der Waals surface area (Å²) >= 11 is 0. The molecule has 0 unspecified atom stereocenters. The molecule has 9 rings (SSSR count). The van der Waals surface area contributed by atoms with Crippen LogP contribution in [-0.2, 0) is 6.61 Å². The Bertz CT molecular complexity index is 2730. The Morgan fingerprint density at radius 3 is 0.763 bits per heavy atom. The van der Waals surface area contributed by atoms with Gasteiger partial charge in [0, 0.05) is 34.1 Å². The number of rotatable bonds is 11. The Labute approximate surface area is 347 Å². The number of benzene rings is 9. The van der Waals surface area contributed by atoms with E-state index >= 15 is 0 Å². The lowest BCUT2D eigenvalue weighted by molar-refractivity contribution is 0.282. The molecule has 0 heterocycles. The molecule has 0 fully saturated rings. The van der Waals surface area contributed by atoms with Crippen molar-refractivity contribution in [1.29, 1.82) is 0 Å². The summed E-state index contributed by atoms with van der Waals surface area (Å²) < 4.78 is 0. The van der Waals surface area contributed by atoms with Gasteiger partial charge in [0.15, 0.2) is 0 Å². The molecule has 3 nitrogen and oxygen atoms in total. The average molecular weight is 761 g/mol. The highest BCUT2D eigenvalue weighted by Crippen LogP contribution is 2.39. The normalized spacial score (nSPS) is 10.9. The second kappa shape index (κ2) is 17.0. The first-order chi connectivity index (χ1) is 29.1. The van der Waals surface area contributed by atoms with Crippen LogP contribution in [0.15, 0.2) is 231 Å². The van der Waals surface area contributed by atoms with Crippen LogP contribution in [0.25, 0.3) is 44.5 Å². The number of aliphatic hydroxyl groups is 1. The first-order valence-corrected chi connectivity index (χ1v) is 20.1. The Morgan fingerprint density at radius 2 is 0.492 bits per heavy atom. The lowest BCUT2D eigenvalue weighted by atomic mass is 9.99. The van der Waals surface area contributed by atoms with Crippen LogP contribution in [-0.4, -0.2) is 5.11 Å². The number of nitrogens with zero attached hydrogens (tertiary/aromatic N) is 2. The molecule has 3 heteroatoms. The standard InChI is InChI=1S/C56H44N2O/c1-41-12-28-51(29-13-41)57(53-32-20-47(21-33-53)43-8-4-2-5-9-43)54-36-24-49(25-37-54)45-16-18-46(19-17-45)50-26-38-56(39-27-50)58(52-30-14-42(40-59)15-31-52)55-34-22-48(23-35-55)44-10-6-3-7-11-44/h2-39,59H,40H2,1H3. The van der Waals surface area contributed by atoms with E-state index in [4.69, 9.17) is 0 Å². The van der Waals surface area contributed by atoms with Crippen molar-refractivity contribution in [3.8, 4) is 44.5 Å². The summed E-state index contributed by atoms with van der Waals surface area (Å²) in [5.74, 6) is 0. The van der Waals surface area contributed by atoms with Gasteiger partial charge in [0.05, 0.1) is 6.61 Å². The minimum atomic E-state index is 0.0161. The molecule has 0 saturated carbocycles. The number of aliphatic hydroxyl groups excluding tert-OH is 1. The molecule has 1 N–H and O–H groups in total. The zero-order valence-corrected chi connectivity index (χ0v) is 33.0. The molecule has 0 radical (unpaired) electrons. The number of hydrogen-bond acceptors (Lipinski definition) is 3. The molecule has 59 heavy (non-hydrogen) atoms. The van der Waals surface area contributed by atoms with E-state index in [1.165, 1.54) is 38.9 Å². The van der Waals surface area contributed by atoms with Crippen molar-refractivity contribution in [3.63, 3.8) is 0 Å². The lowest BCUT2D eigenvalue weighted by Crippen LogP contribution is -2.10. The van der Waals surface area contributed by atoms with E-state index in [2.05, 4.69) is 229 Å². The SMILES string of the molecule is Cc1ccc(N(c2ccc(-c3ccccc3)cc2)c2ccc(-c3ccc(-c4ccc(N(c5ccc(CO)cc5)c5ccc(-c6ccccc6)cc5)cc4)cc3)cc2)cc1. The molecule has 9 aromatic carbocycles. The third-order valence-electron chi connectivity index (χ3n) is 10.9. The van der Waals surface area contributed by atoms with Gasteiger partial charge in [-0.05, 0) is 130 Å². The second-order valence-electron chi connectivity index (χ2n) is 14.8. The molecular formula is C56H44N2O. The quantitative estimate of drug-likeness (QED) is 0.142. The van der Waals surface area contributed by atoms with Crippen molar-refractivity contribution < 1.29 is 5.11 Å². The van der Waals surface area contributed by atoms with E-state index in [-0.39, 0.29) is 6.61 Å². The summed E-state index contributed by atoms with van der Waals surface area (Å²) in [5, 5.41) is 9.70. The van der Waals surface area contributed by atoms with Crippen LogP contribution in [0.5, 0.6) is 0 Å². The van der Waals surface area contributed by atoms with Gasteiger partial charge in [-0.25, -0.2) is 0 Å². The van der Waals surface area contributed by atoms with Crippen molar-refractivity contribution in [2.24, 2.45) is 0 Å². The van der Waals surface area contributed by atoms with E-state index in [0.717, 1.165) is 50.8 Å². The van der Waals surface area contributed by atoms with Gasteiger partial charge in [-0.15, -0.1) is 0 Å². The highest BCUT2D eigenvalue weighted by molar-refractivity contribution is 5.82. The predicted octanol–water partition coefficient (Wildman–Crippen LogP) is 15.1. The zero-order valence-electron chi connectivity index (χ0n) is 33.0. The first kappa shape index (κ1) is 37.1. The summed E-state index contributed by atoms with van der Waals surface area (Å²) in [6, 6.07) is 81.7. The Hall–Kier alpha value is -7.46. The minimum absolute atomic E-state index is 0.0161. The molecule has 284 valence electrons. The molecule has 0 aliphatic heterocycles. The van der Waals surface area contributed by atoms with E-state index in [9.17, 15) is 5.11 Å². The summed E-state index contributed by atoms with van der Waals surface area (Å²) in [7, 11) is 0. The predicted molar refractivity (Wildman–Crippen MR) is 248 cm³/mol. The molecule has 0 spiro atoms. The largest absolute Gasteiger partial charge is 0.392 e. The van der Waals surface area contributed by atoms with Gasteiger partial charge in [-0.3, -0.25) is 0 Å². The fraction of sp³-hybridized carbons (Fsp3) is 0.0357. The van der Waals surface area contributed by atoms with Gasteiger partial charge < -0.3 is 14.9 Å². The fourth-order valence-electron chi connectivity index (χ4n) is 7.67. The maximum absolute atomic E-state index is 9.70. The first-order valence-electron chi connectivity index (χ1n) is 20.1. The average Bonchev–Trinajstić information content (AvgIpc) is 3.32. The van der Waals surface area contributed by atoms with Gasteiger partial charge in [-0.2, -0.15) is 0 Å². The third kappa shape index (κ3) is 8.20. The van der Waals surface area contributed by atoms with Gasteiger partial charge in [0.1, 0.15) is 0 Å². The lowest BCUT2D eigenvalue weighted by Gasteiger charge is -2.26. The minimum Gasteiger partial charge on any atom is -0.392 e. The van der Waals surface area contributed by atoms with Crippen LogP contribution >= 0.6 is 0 Å². The van der Waals surface area contributed by atoms with Gasteiger partial charge >= 0.3 is 0 Å². The number of anilines is 6. The fourth-order valence-corrected chi connectivity index (χ4v) is 7.67. The topological polar surface area (TPSA) is 26.7 Å². The molecule has 0 aliphatic rings. The summed E-state index contributed by atoms with van der Waals surface area (Å²) in [6.07, 6.45) is 0. The van der Waals surface area contributed by atoms with E-state index in [1.807, 2.05) is 18.2 Å². The van der Waals surface area contributed by atoms with E-state index < -0.39 is 0 Å². The Morgan fingerprint density at radius 1 is 0.271 bits per heavy atom. The third-order valence-corrected chi connectivity index (χ3v) is 10.9. The maximum Gasteiger partial charge on any atom is 0.0681 e. The van der Waals surface area contributed by atoms with Crippen LogP contribution in [0.2, 0.25) is 0 Å². The summed E-state index contributed by atoms with van der Waals surface area (Å²) in [6.45, 7) is 2.14. The van der Waals surface area contributed by atoms with Crippen molar-refractivity contribution in [2.75, 3.05) is 9.80 Å². The summed E-state index contributed by atoms with van der Waals surface area (Å²) in [5.41, 5.74) is 18.0. The van der Waals surface area contributed by atoms with Gasteiger partial charge in [-0.1, -0.05) is 163 Å². The van der Waals surface area contributed by atoms with Crippen molar-refractivity contribution >= 4 is 34.1 Å². The molecule has 0 aliphatic carbocycles. The molecule has 0 amide bonds. The molecule has 0 atom stereocenters. The van der Waals surface area contributed by atoms with Crippen molar-refractivity contribution in [1.82, 2.24) is 0 Å².